The van der Waals surface area contributed by atoms with E-state index in [1.807, 2.05) is 47.1 Å². The summed E-state index contributed by atoms with van der Waals surface area (Å²) in [5.41, 5.74) is 3.81. The van der Waals surface area contributed by atoms with E-state index < -0.39 is 0 Å². The molecule has 0 aliphatic carbocycles. The smallest absolute Gasteiger partial charge is 0.251 e. The predicted octanol–water partition coefficient (Wildman–Crippen LogP) is 4.56. The third kappa shape index (κ3) is 4.98. The summed E-state index contributed by atoms with van der Waals surface area (Å²) in [4.78, 5) is 27.0. The Morgan fingerprint density at radius 3 is 2.53 bits per heavy atom. The maximum absolute atomic E-state index is 13.3. The first kappa shape index (κ1) is 23.3. The van der Waals surface area contributed by atoms with Gasteiger partial charge in [-0.15, -0.1) is 0 Å². The van der Waals surface area contributed by atoms with Gasteiger partial charge in [0.1, 0.15) is 17.4 Å². The van der Waals surface area contributed by atoms with E-state index in [1.165, 1.54) is 12.1 Å². The highest BCUT2D eigenvalue weighted by Gasteiger charge is 2.26. The van der Waals surface area contributed by atoms with Gasteiger partial charge in [-0.2, -0.15) is 5.10 Å². The van der Waals surface area contributed by atoms with Crippen molar-refractivity contribution in [2.45, 2.75) is 26.1 Å². The Morgan fingerprint density at radius 2 is 1.81 bits per heavy atom. The summed E-state index contributed by atoms with van der Waals surface area (Å²) < 4.78 is 20.4. The molecular weight excluding hydrogens is 459 g/mol. The lowest BCUT2D eigenvalue weighted by Crippen LogP contribution is -2.36. The van der Waals surface area contributed by atoms with Crippen molar-refractivity contribution in [2.75, 3.05) is 12.0 Å². The molecule has 3 aromatic carbocycles. The van der Waals surface area contributed by atoms with Crippen LogP contribution < -0.4 is 15.0 Å². The number of fused-ring (bicyclic) bond motifs is 1. The molecule has 0 atom stereocenters. The number of rotatable bonds is 7. The summed E-state index contributed by atoms with van der Waals surface area (Å²) >= 11 is 0. The molecule has 1 aliphatic rings. The number of ether oxygens (including phenoxy) is 1. The number of hydrogen-bond acceptors (Lipinski definition) is 4. The van der Waals surface area contributed by atoms with E-state index in [0.29, 0.717) is 30.6 Å². The molecule has 4 aromatic rings. The highest BCUT2D eigenvalue weighted by Crippen LogP contribution is 2.30. The molecule has 7 nitrogen and oxygen atoms in total. The average Bonchev–Trinajstić information content (AvgIpc) is 3.34. The third-order valence-electron chi connectivity index (χ3n) is 6.16. The zero-order valence-electron chi connectivity index (χ0n) is 19.8. The van der Waals surface area contributed by atoms with Crippen LogP contribution in [0.15, 0.2) is 78.9 Å². The zero-order chi connectivity index (χ0) is 25.1. The Kier molecular flexibility index (Phi) is 6.49. The minimum atomic E-state index is -0.337. The molecule has 36 heavy (non-hydrogen) atoms. The van der Waals surface area contributed by atoms with Crippen molar-refractivity contribution in [1.29, 1.82) is 0 Å². The average molecular weight is 485 g/mol. The van der Waals surface area contributed by atoms with Crippen molar-refractivity contribution in [1.82, 2.24) is 15.1 Å². The molecule has 0 spiro atoms. The fourth-order valence-electron chi connectivity index (χ4n) is 4.20. The van der Waals surface area contributed by atoms with E-state index in [1.54, 1.807) is 36.3 Å². The Morgan fingerprint density at radius 1 is 1.03 bits per heavy atom. The van der Waals surface area contributed by atoms with Gasteiger partial charge in [0.05, 0.1) is 25.9 Å². The molecule has 1 N–H and O–H groups in total. The first-order valence-electron chi connectivity index (χ1n) is 11.6. The Hall–Kier alpha value is -4.46. The molecule has 2 amide bonds. The van der Waals surface area contributed by atoms with Crippen LogP contribution in [0, 0.1) is 5.82 Å². The van der Waals surface area contributed by atoms with Crippen molar-refractivity contribution in [3.8, 4) is 17.0 Å². The minimum Gasteiger partial charge on any atom is -0.497 e. The molecule has 1 aromatic heterocycles. The first-order chi connectivity index (χ1) is 17.5. The van der Waals surface area contributed by atoms with Gasteiger partial charge in [0, 0.05) is 30.2 Å². The summed E-state index contributed by atoms with van der Waals surface area (Å²) in [5, 5.41) is 7.50. The molecule has 1 aliphatic heterocycles. The second-order valence-corrected chi connectivity index (χ2v) is 8.58. The van der Waals surface area contributed by atoms with Crippen LogP contribution in [0.3, 0.4) is 0 Å². The van der Waals surface area contributed by atoms with Crippen molar-refractivity contribution in [2.24, 2.45) is 0 Å². The lowest BCUT2D eigenvalue weighted by atomic mass is 10.1. The Bertz CT molecular complexity index is 1400. The number of anilines is 1. The number of methoxy groups -OCH3 is 1. The number of nitrogens with one attached hydrogen (secondary N) is 1. The summed E-state index contributed by atoms with van der Waals surface area (Å²) in [5.74, 6) is 0.957. The lowest BCUT2D eigenvalue weighted by Gasteiger charge is -2.27. The van der Waals surface area contributed by atoms with Gasteiger partial charge in [-0.25, -0.2) is 9.07 Å². The number of carbonyl (C=O) groups excluding carboxylic acids is 2. The standard InChI is InChI=1S/C28H25FN4O3/c1-36-24-11-9-21(10-12-24)25-16-26-32(27(34)13-14-33(26)31-25)18-19-5-7-22(8-6-19)28(35)30-17-20-3-2-4-23(29)15-20/h2-12,15-16H,13-14,17-18H2,1H3,(H,30,35). The second-order valence-electron chi connectivity index (χ2n) is 8.58. The van der Waals surface area contributed by atoms with Crippen molar-refractivity contribution in [3.63, 3.8) is 0 Å². The lowest BCUT2D eigenvalue weighted by molar-refractivity contribution is -0.119. The van der Waals surface area contributed by atoms with Crippen molar-refractivity contribution >= 4 is 17.6 Å². The van der Waals surface area contributed by atoms with Crippen molar-refractivity contribution < 1.29 is 18.7 Å². The van der Waals surface area contributed by atoms with Gasteiger partial charge in [-0.1, -0.05) is 24.3 Å². The fourth-order valence-corrected chi connectivity index (χ4v) is 4.20. The van der Waals surface area contributed by atoms with Crippen LogP contribution in [-0.2, 0) is 24.4 Å². The van der Waals surface area contributed by atoms with E-state index in [0.717, 1.165) is 28.4 Å². The molecule has 182 valence electrons. The number of hydrogen-bond donors (Lipinski definition) is 1. The van der Waals surface area contributed by atoms with E-state index in [2.05, 4.69) is 5.32 Å². The van der Waals surface area contributed by atoms with Crippen LogP contribution in [-0.4, -0.2) is 28.7 Å². The van der Waals surface area contributed by atoms with Gasteiger partial charge in [0.15, 0.2) is 0 Å². The number of benzene rings is 3. The summed E-state index contributed by atoms with van der Waals surface area (Å²) in [6, 6.07) is 22.8. The molecule has 5 rings (SSSR count). The number of carbonyl (C=O) groups is 2. The van der Waals surface area contributed by atoms with Gasteiger partial charge in [0.2, 0.25) is 5.91 Å². The third-order valence-corrected chi connectivity index (χ3v) is 6.16. The first-order valence-corrected chi connectivity index (χ1v) is 11.6. The van der Waals surface area contributed by atoms with Crippen LogP contribution in [0.5, 0.6) is 5.75 Å². The Labute approximate surface area is 208 Å². The molecule has 2 heterocycles. The van der Waals surface area contributed by atoms with Crippen LogP contribution in [0.2, 0.25) is 0 Å². The highest BCUT2D eigenvalue weighted by atomic mass is 19.1. The van der Waals surface area contributed by atoms with E-state index >= 15 is 0 Å². The fraction of sp³-hybridized carbons (Fsp3) is 0.179. The summed E-state index contributed by atoms with van der Waals surface area (Å²) in [6.45, 7) is 1.14. The number of aryl methyl sites for hydroxylation is 1. The maximum atomic E-state index is 13.3. The molecule has 0 bridgehead atoms. The normalized spacial score (nSPS) is 12.8. The van der Waals surface area contributed by atoms with Crippen LogP contribution in [0.4, 0.5) is 10.2 Å². The zero-order valence-corrected chi connectivity index (χ0v) is 19.8. The minimum absolute atomic E-state index is 0.0283. The van der Waals surface area contributed by atoms with E-state index in [-0.39, 0.29) is 24.2 Å². The number of nitrogens with zero attached hydrogens (tertiary/aromatic N) is 3. The van der Waals surface area contributed by atoms with Gasteiger partial charge in [-0.3, -0.25) is 14.5 Å². The SMILES string of the molecule is COc1ccc(-c2cc3n(n2)CCC(=O)N3Cc2ccc(C(=O)NCc3cccc(F)c3)cc2)cc1. The molecule has 0 fully saturated rings. The number of amides is 2. The summed E-state index contributed by atoms with van der Waals surface area (Å²) in [7, 11) is 1.62. The molecular formula is C28H25FN4O3. The molecule has 8 heteroatoms. The number of aromatic nitrogens is 2. The van der Waals surface area contributed by atoms with Gasteiger partial charge < -0.3 is 10.1 Å². The second kappa shape index (κ2) is 10.0. The molecule has 0 radical (unpaired) electrons. The topological polar surface area (TPSA) is 76.5 Å². The molecule has 0 saturated heterocycles. The van der Waals surface area contributed by atoms with Crippen LogP contribution >= 0.6 is 0 Å². The van der Waals surface area contributed by atoms with Gasteiger partial charge in [-0.05, 0) is 59.7 Å². The van der Waals surface area contributed by atoms with Gasteiger partial charge >= 0.3 is 0 Å². The maximum Gasteiger partial charge on any atom is 0.251 e. The monoisotopic (exact) mass is 484 g/mol. The Balaban J connectivity index is 1.28. The van der Waals surface area contributed by atoms with E-state index in [4.69, 9.17) is 9.84 Å². The summed E-state index contributed by atoms with van der Waals surface area (Å²) in [6.07, 6.45) is 0.372. The van der Waals surface area contributed by atoms with Crippen LogP contribution in [0.1, 0.15) is 27.9 Å². The van der Waals surface area contributed by atoms with Gasteiger partial charge in [0.25, 0.3) is 5.91 Å². The van der Waals surface area contributed by atoms with Crippen molar-refractivity contribution in [3.05, 3.63) is 101 Å². The molecule has 0 unspecified atom stereocenters. The number of halogens is 1. The molecule has 0 saturated carbocycles. The predicted molar refractivity (Wildman–Crippen MR) is 134 cm³/mol. The quantitative estimate of drug-likeness (QED) is 0.417. The highest BCUT2D eigenvalue weighted by molar-refractivity contribution is 5.95. The van der Waals surface area contributed by atoms with Crippen LogP contribution in [0.25, 0.3) is 11.3 Å². The largest absolute Gasteiger partial charge is 0.497 e. The van der Waals surface area contributed by atoms with E-state index in [9.17, 15) is 14.0 Å².